The van der Waals surface area contributed by atoms with E-state index in [1.54, 1.807) is 12.1 Å². The fourth-order valence-corrected chi connectivity index (χ4v) is 7.09. The fourth-order valence-electron chi connectivity index (χ4n) is 7.09. The summed E-state index contributed by atoms with van der Waals surface area (Å²) in [5, 5.41) is 35.6. The molecule has 4 N–H and O–H groups in total. The van der Waals surface area contributed by atoms with Crippen molar-refractivity contribution < 1.29 is 34.0 Å². The molecule has 2 fully saturated rings. The minimum absolute atomic E-state index is 0.000908. The Morgan fingerprint density at radius 1 is 0.894 bits per heavy atom. The third-order valence-corrected chi connectivity index (χ3v) is 9.07. The van der Waals surface area contributed by atoms with E-state index in [2.05, 4.69) is 5.32 Å². The van der Waals surface area contributed by atoms with Crippen LogP contribution in [0.15, 0.2) is 84.9 Å². The number of halogens is 1. The molecule has 1 saturated heterocycles. The Labute approximate surface area is 274 Å². The number of aliphatic hydroxyl groups excluding tert-OH is 2. The lowest BCUT2D eigenvalue weighted by Crippen LogP contribution is -2.62. The van der Waals surface area contributed by atoms with Crippen LogP contribution in [0.4, 0.5) is 10.1 Å². The van der Waals surface area contributed by atoms with Crippen LogP contribution >= 0.6 is 0 Å². The van der Waals surface area contributed by atoms with Gasteiger partial charge in [-0.1, -0.05) is 62.4 Å². The third-order valence-electron chi connectivity index (χ3n) is 9.07. The molecule has 2 aliphatic rings. The van der Waals surface area contributed by atoms with Gasteiger partial charge in [-0.3, -0.25) is 14.3 Å². The Morgan fingerprint density at radius 3 is 2.13 bits per heavy atom. The van der Waals surface area contributed by atoms with Crippen LogP contribution in [-0.2, 0) is 16.0 Å². The summed E-state index contributed by atoms with van der Waals surface area (Å²) >= 11 is 0. The SMILES string of the molecule is CC(C)c1c(C(=O)Nc2ccccc2)c(-c2ccccc2)c(-c2ccc(F)cc2)n1CC[C@@H](O)C[C@@H](O)CC1(O)OC2(CCCC2)O1. The average molecular weight is 643 g/mol. The van der Waals surface area contributed by atoms with Gasteiger partial charge in [-0.25, -0.2) is 4.39 Å². The number of benzene rings is 3. The normalized spacial score (nSPS) is 17.9. The number of nitrogens with one attached hydrogen (secondary N) is 1. The van der Waals surface area contributed by atoms with Crippen molar-refractivity contribution in [2.75, 3.05) is 5.32 Å². The first kappa shape index (κ1) is 33.1. The van der Waals surface area contributed by atoms with Crippen molar-refractivity contribution in [2.24, 2.45) is 0 Å². The van der Waals surface area contributed by atoms with Crippen LogP contribution in [-0.4, -0.2) is 49.8 Å². The van der Waals surface area contributed by atoms with Crippen molar-refractivity contribution in [1.29, 1.82) is 0 Å². The molecule has 0 unspecified atom stereocenters. The number of carbonyl (C=O) groups excluding carboxylic acids is 1. The fraction of sp³-hybridized carbons (Fsp3) is 0.395. The Balaban J connectivity index is 1.33. The van der Waals surface area contributed by atoms with Crippen LogP contribution in [0, 0.1) is 5.82 Å². The third kappa shape index (κ3) is 7.20. The number of aliphatic hydroxyl groups is 3. The van der Waals surface area contributed by atoms with E-state index >= 15 is 0 Å². The lowest BCUT2D eigenvalue weighted by atomic mass is 9.94. The minimum Gasteiger partial charge on any atom is -0.393 e. The van der Waals surface area contributed by atoms with E-state index < -0.39 is 24.0 Å². The Hall–Kier alpha value is -3.86. The van der Waals surface area contributed by atoms with Gasteiger partial charge in [0.05, 0.1) is 29.9 Å². The minimum atomic E-state index is -1.85. The molecule has 9 heteroatoms. The van der Waals surface area contributed by atoms with Gasteiger partial charge in [0, 0.05) is 36.3 Å². The molecule has 248 valence electrons. The number of anilines is 1. The number of aromatic nitrogens is 1. The molecule has 1 aromatic heterocycles. The number of carbonyl (C=O) groups is 1. The number of nitrogens with zero attached hydrogens (tertiary/aromatic N) is 1. The highest BCUT2D eigenvalue weighted by atomic mass is 19.1. The van der Waals surface area contributed by atoms with Crippen molar-refractivity contribution in [3.63, 3.8) is 0 Å². The highest BCUT2D eigenvalue weighted by molar-refractivity contribution is 6.12. The molecule has 1 aliphatic carbocycles. The van der Waals surface area contributed by atoms with Crippen LogP contribution in [0.3, 0.4) is 0 Å². The molecular weight excluding hydrogens is 599 g/mol. The van der Waals surface area contributed by atoms with Gasteiger partial charge in [-0.2, -0.15) is 0 Å². The molecule has 1 amide bonds. The standard InChI is InChI=1S/C38H43FN2O6/c1-25(2)34-33(36(44)40-29-13-7-4-8-14-29)32(26-11-5-3-6-12-26)35(27-15-17-28(39)18-16-27)41(34)22-19-30(42)23-31(43)24-38(45)46-37(47-38)20-9-10-21-37/h3-8,11-18,25,30-31,42-43,45H,9-10,19-24H2,1-2H3,(H,40,44)/t30-,31-/m1/s1. The Morgan fingerprint density at radius 2 is 1.51 bits per heavy atom. The van der Waals surface area contributed by atoms with E-state index in [0.717, 1.165) is 48.2 Å². The molecule has 47 heavy (non-hydrogen) atoms. The number of hydrogen-bond acceptors (Lipinski definition) is 6. The molecule has 1 spiro atoms. The predicted molar refractivity (Wildman–Crippen MR) is 178 cm³/mol. The summed E-state index contributed by atoms with van der Waals surface area (Å²) in [6.07, 6.45) is 1.45. The van der Waals surface area contributed by atoms with Crippen molar-refractivity contribution in [3.05, 3.63) is 102 Å². The molecule has 0 bridgehead atoms. The van der Waals surface area contributed by atoms with Gasteiger partial charge in [0.2, 0.25) is 0 Å². The van der Waals surface area contributed by atoms with Gasteiger partial charge in [0.1, 0.15) is 5.82 Å². The van der Waals surface area contributed by atoms with Crippen LogP contribution < -0.4 is 5.32 Å². The predicted octanol–water partition coefficient (Wildman–Crippen LogP) is 7.19. The molecule has 3 aromatic carbocycles. The van der Waals surface area contributed by atoms with E-state index in [0.29, 0.717) is 23.4 Å². The maximum atomic E-state index is 14.2. The van der Waals surface area contributed by atoms with E-state index in [1.807, 2.05) is 79.1 Å². The number of amides is 1. The lowest BCUT2D eigenvalue weighted by molar-refractivity contribution is -0.580. The molecule has 8 nitrogen and oxygen atoms in total. The molecule has 1 aliphatic heterocycles. The van der Waals surface area contributed by atoms with Crippen LogP contribution in [0.1, 0.15) is 80.8 Å². The van der Waals surface area contributed by atoms with Gasteiger partial charge in [0.15, 0.2) is 5.79 Å². The monoisotopic (exact) mass is 642 g/mol. The molecule has 6 rings (SSSR count). The summed E-state index contributed by atoms with van der Waals surface area (Å²) in [6, 6.07) is 25.1. The maximum Gasteiger partial charge on any atom is 0.287 e. The second-order valence-electron chi connectivity index (χ2n) is 13.1. The first-order chi connectivity index (χ1) is 22.6. The first-order valence-corrected chi connectivity index (χ1v) is 16.5. The molecule has 0 radical (unpaired) electrons. The summed E-state index contributed by atoms with van der Waals surface area (Å²) in [4.78, 5) is 14.2. The van der Waals surface area contributed by atoms with Gasteiger partial charge in [0.25, 0.3) is 11.9 Å². The van der Waals surface area contributed by atoms with Crippen molar-refractivity contribution in [3.8, 4) is 22.4 Å². The summed E-state index contributed by atoms with van der Waals surface area (Å²) in [6.45, 7) is 4.35. The number of ether oxygens (including phenoxy) is 2. The zero-order chi connectivity index (χ0) is 33.2. The molecule has 4 aromatic rings. The van der Waals surface area contributed by atoms with Gasteiger partial charge in [-0.05, 0) is 79.1 Å². The van der Waals surface area contributed by atoms with Gasteiger partial charge >= 0.3 is 0 Å². The highest BCUT2D eigenvalue weighted by Gasteiger charge is 2.58. The van der Waals surface area contributed by atoms with Crippen molar-refractivity contribution in [1.82, 2.24) is 4.57 Å². The zero-order valence-electron chi connectivity index (χ0n) is 26.9. The van der Waals surface area contributed by atoms with E-state index in [-0.39, 0.29) is 36.9 Å². The maximum absolute atomic E-state index is 14.2. The van der Waals surface area contributed by atoms with Crippen molar-refractivity contribution in [2.45, 2.75) is 95.2 Å². The Bertz CT molecular complexity index is 1660. The highest BCUT2D eigenvalue weighted by Crippen LogP contribution is 2.49. The molecular formula is C38H43FN2O6. The summed E-state index contributed by atoms with van der Waals surface area (Å²) in [5.41, 5.74) is 4.94. The van der Waals surface area contributed by atoms with Crippen LogP contribution in [0.5, 0.6) is 0 Å². The van der Waals surface area contributed by atoms with Gasteiger partial charge < -0.3 is 25.2 Å². The number of hydrogen-bond donors (Lipinski definition) is 4. The van der Waals surface area contributed by atoms with Crippen molar-refractivity contribution >= 4 is 11.6 Å². The van der Waals surface area contributed by atoms with Crippen LogP contribution in [0.2, 0.25) is 0 Å². The summed E-state index contributed by atoms with van der Waals surface area (Å²) < 4.78 is 27.6. The topological polar surface area (TPSA) is 113 Å². The van der Waals surface area contributed by atoms with Crippen LogP contribution in [0.25, 0.3) is 22.4 Å². The molecule has 2 atom stereocenters. The molecule has 1 saturated carbocycles. The smallest absolute Gasteiger partial charge is 0.287 e. The second kappa shape index (κ2) is 13.7. The van der Waals surface area contributed by atoms with E-state index in [9.17, 15) is 24.5 Å². The first-order valence-electron chi connectivity index (χ1n) is 16.5. The summed E-state index contributed by atoms with van der Waals surface area (Å²) in [5.74, 6) is -3.34. The Kier molecular flexibility index (Phi) is 9.64. The largest absolute Gasteiger partial charge is 0.393 e. The molecule has 2 heterocycles. The van der Waals surface area contributed by atoms with Gasteiger partial charge in [-0.15, -0.1) is 0 Å². The van der Waals surface area contributed by atoms with E-state index in [4.69, 9.17) is 9.47 Å². The second-order valence-corrected chi connectivity index (χ2v) is 13.1. The zero-order valence-corrected chi connectivity index (χ0v) is 26.9. The summed E-state index contributed by atoms with van der Waals surface area (Å²) in [7, 11) is 0. The van der Waals surface area contributed by atoms with E-state index in [1.165, 1.54) is 12.1 Å². The number of para-hydroxylation sites is 1. The number of rotatable bonds is 12. The lowest BCUT2D eigenvalue weighted by Gasteiger charge is -2.51. The quantitative estimate of drug-likeness (QED) is 0.130. The average Bonchev–Trinajstić information content (AvgIpc) is 3.64.